The molecule has 1 heterocycles. The summed E-state index contributed by atoms with van der Waals surface area (Å²) in [5.74, 6) is -1.01. The summed E-state index contributed by atoms with van der Waals surface area (Å²) in [4.78, 5) is 10.1. The van der Waals surface area contributed by atoms with E-state index in [1.54, 1.807) is 0 Å². The van der Waals surface area contributed by atoms with Crippen molar-refractivity contribution in [2.45, 2.75) is 0 Å². The molecular formula is C8H9Cl2N3O3. The second-order valence-corrected chi connectivity index (χ2v) is 3.49. The van der Waals surface area contributed by atoms with Crippen LogP contribution in [0, 0.1) is 0 Å². The van der Waals surface area contributed by atoms with Crippen LogP contribution in [0.4, 0.5) is 5.69 Å². The normalized spacial score (nSPS) is 10.1. The highest BCUT2D eigenvalue weighted by Crippen LogP contribution is 2.20. The highest BCUT2D eigenvalue weighted by atomic mass is 35.5. The van der Waals surface area contributed by atoms with E-state index in [0.29, 0.717) is 12.2 Å². The van der Waals surface area contributed by atoms with Crippen molar-refractivity contribution < 1.29 is 14.6 Å². The Bertz CT molecular complexity index is 376. The van der Waals surface area contributed by atoms with Gasteiger partial charge in [0.05, 0.1) is 12.3 Å². The molecule has 0 aliphatic heterocycles. The lowest BCUT2D eigenvalue weighted by Crippen LogP contribution is -2.14. The topological polar surface area (TPSA) is 84.3 Å². The van der Waals surface area contributed by atoms with Gasteiger partial charge < -0.3 is 15.2 Å². The molecule has 0 atom stereocenters. The van der Waals surface area contributed by atoms with Gasteiger partial charge in [-0.3, -0.25) is 0 Å². The average molecular weight is 266 g/mol. The van der Waals surface area contributed by atoms with E-state index < -0.39 is 5.97 Å². The van der Waals surface area contributed by atoms with E-state index in [1.807, 2.05) is 0 Å². The largest absolute Gasteiger partial charge is 0.480 e. The van der Waals surface area contributed by atoms with Gasteiger partial charge in [-0.05, 0) is 0 Å². The molecule has 0 amide bonds. The first-order valence-corrected chi connectivity index (χ1v) is 5.07. The zero-order valence-corrected chi connectivity index (χ0v) is 9.62. The van der Waals surface area contributed by atoms with E-state index in [-0.39, 0.29) is 23.5 Å². The highest BCUT2D eigenvalue weighted by Gasteiger charge is 2.03. The van der Waals surface area contributed by atoms with Crippen LogP contribution in [0.3, 0.4) is 0 Å². The number of hydrogen-bond acceptors (Lipinski definition) is 5. The molecule has 0 aliphatic carbocycles. The van der Waals surface area contributed by atoms with E-state index >= 15 is 0 Å². The Morgan fingerprint density at radius 3 is 2.94 bits per heavy atom. The Kier molecular flexibility index (Phi) is 5.24. The summed E-state index contributed by atoms with van der Waals surface area (Å²) in [5, 5.41) is 18.7. The van der Waals surface area contributed by atoms with Crippen LogP contribution in [0.25, 0.3) is 0 Å². The minimum absolute atomic E-state index is 0.197. The maximum Gasteiger partial charge on any atom is 0.329 e. The third kappa shape index (κ3) is 4.61. The van der Waals surface area contributed by atoms with Crippen LogP contribution in [0.2, 0.25) is 10.3 Å². The lowest BCUT2D eigenvalue weighted by atomic mass is 10.4. The molecule has 0 fully saturated rings. The molecule has 0 saturated carbocycles. The van der Waals surface area contributed by atoms with Gasteiger partial charge in [0.15, 0.2) is 10.3 Å². The molecule has 0 saturated heterocycles. The van der Waals surface area contributed by atoms with Gasteiger partial charge in [-0.1, -0.05) is 23.2 Å². The predicted molar refractivity (Wildman–Crippen MR) is 59.0 cm³/mol. The van der Waals surface area contributed by atoms with Gasteiger partial charge in [0.25, 0.3) is 0 Å². The standard InChI is InChI=1S/C8H9Cl2N3O3/c9-6-3-5(8(10)13-12-6)11-1-2-16-4-7(14)15/h3H,1-2,4H2,(H,11,12)(H,14,15). The molecule has 8 heteroatoms. The van der Waals surface area contributed by atoms with E-state index in [4.69, 9.17) is 33.0 Å². The number of aromatic nitrogens is 2. The van der Waals surface area contributed by atoms with Crippen molar-refractivity contribution in [1.29, 1.82) is 0 Å². The van der Waals surface area contributed by atoms with Crippen LogP contribution < -0.4 is 5.32 Å². The van der Waals surface area contributed by atoms with E-state index in [2.05, 4.69) is 15.5 Å². The van der Waals surface area contributed by atoms with Gasteiger partial charge in [-0.2, -0.15) is 0 Å². The molecule has 0 unspecified atom stereocenters. The fraction of sp³-hybridized carbons (Fsp3) is 0.375. The van der Waals surface area contributed by atoms with E-state index in [0.717, 1.165) is 0 Å². The van der Waals surface area contributed by atoms with Crippen LogP contribution in [0.15, 0.2) is 6.07 Å². The van der Waals surface area contributed by atoms with Crippen molar-refractivity contribution in [3.63, 3.8) is 0 Å². The number of nitrogens with zero attached hydrogens (tertiary/aromatic N) is 2. The minimum atomic E-state index is -1.01. The molecule has 88 valence electrons. The number of halogens is 2. The van der Waals surface area contributed by atoms with Gasteiger partial charge in [0.1, 0.15) is 6.61 Å². The SMILES string of the molecule is O=C(O)COCCNc1cc(Cl)nnc1Cl. The first-order valence-electron chi connectivity index (χ1n) is 4.31. The average Bonchev–Trinajstić information content (AvgIpc) is 2.22. The van der Waals surface area contributed by atoms with Crippen molar-refractivity contribution in [2.24, 2.45) is 0 Å². The summed E-state index contributed by atoms with van der Waals surface area (Å²) in [7, 11) is 0. The summed E-state index contributed by atoms with van der Waals surface area (Å²) < 4.78 is 4.81. The Morgan fingerprint density at radius 2 is 2.25 bits per heavy atom. The number of ether oxygens (including phenoxy) is 1. The zero-order chi connectivity index (χ0) is 12.0. The first kappa shape index (κ1) is 13.0. The van der Waals surface area contributed by atoms with Crippen LogP contribution in [-0.2, 0) is 9.53 Å². The maximum atomic E-state index is 10.1. The lowest BCUT2D eigenvalue weighted by molar-refractivity contribution is -0.142. The number of aliphatic carboxylic acids is 1. The monoisotopic (exact) mass is 265 g/mol. The number of carbonyl (C=O) groups is 1. The Labute approximate surface area is 102 Å². The molecule has 0 aromatic carbocycles. The van der Waals surface area contributed by atoms with Crippen LogP contribution in [0.1, 0.15) is 0 Å². The fourth-order valence-electron chi connectivity index (χ4n) is 0.894. The van der Waals surface area contributed by atoms with Gasteiger partial charge in [-0.15, -0.1) is 10.2 Å². The van der Waals surface area contributed by atoms with Crippen molar-refractivity contribution in [3.05, 3.63) is 16.4 Å². The second kappa shape index (κ2) is 6.47. The number of nitrogens with one attached hydrogen (secondary N) is 1. The summed E-state index contributed by atoms with van der Waals surface area (Å²) in [6.45, 7) is 0.308. The molecule has 6 nitrogen and oxygen atoms in total. The number of hydrogen-bond donors (Lipinski definition) is 2. The Hall–Kier alpha value is -1.11. The Balaban J connectivity index is 2.31. The predicted octanol–water partition coefficient (Wildman–Crippen LogP) is 1.30. The van der Waals surface area contributed by atoms with E-state index in [9.17, 15) is 4.79 Å². The molecule has 0 radical (unpaired) electrons. The second-order valence-electron chi connectivity index (χ2n) is 2.74. The van der Waals surface area contributed by atoms with Crippen molar-refractivity contribution in [3.8, 4) is 0 Å². The van der Waals surface area contributed by atoms with E-state index in [1.165, 1.54) is 6.07 Å². The first-order chi connectivity index (χ1) is 7.59. The number of anilines is 1. The van der Waals surface area contributed by atoms with Crippen LogP contribution in [-0.4, -0.2) is 41.0 Å². The molecule has 0 bridgehead atoms. The lowest BCUT2D eigenvalue weighted by Gasteiger charge is -2.07. The molecule has 1 rings (SSSR count). The molecule has 0 spiro atoms. The van der Waals surface area contributed by atoms with Crippen molar-refractivity contribution in [2.75, 3.05) is 25.1 Å². The molecule has 16 heavy (non-hydrogen) atoms. The number of carboxylic acid groups (broad SMARTS) is 1. The molecular weight excluding hydrogens is 257 g/mol. The van der Waals surface area contributed by atoms with Gasteiger partial charge in [0.2, 0.25) is 0 Å². The molecule has 1 aromatic rings. The van der Waals surface area contributed by atoms with Gasteiger partial charge in [-0.25, -0.2) is 4.79 Å². The van der Waals surface area contributed by atoms with Crippen LogP contribution in [0.5, 0.6) is 0 Å². The molecule has 1 aromatic heterocycles. The summed E-state index contributed by atoms with van der Waals surface area (Å²) in [5.41, 5.74) is 0.528. The van der Waals surface area contributed by atoms with Gasteiger partial charge in [0, 0.05) is 12.6 Å². The smallest absolute Gasteiger partial charge is 0.329 e. The molecule has 0 aliphatic rings. The highest BCUT2D eigenvalue weighted by molar-refractivity contribution is 6.33. The van der Waals surface area contributed by atoms with Crippen molar-refractivity contribution in [1.82, 2.24) is 10.2 Å². The maximum absolute atomic E-state index is 10.1. The quantitative estimate of drug-likeness (QED) is 0.755. The minimum Gasteiger partial charge on any atom is -0.480 e. The van der Waals surface area contributed by atoms with Crippen LogP contribution >= 0.6 is 23.2 Å². The number of rotatable bonds is 6. The number of carboxylic acids is 1. The summed E-state index contributed by atoms with van der Waals surface area (Å²) in [6.07, 6.45) is 0. The van der Waals surface area contributed by atoms with Gasteiger partial charge >= 0.3 is 5.97 Å². The Morgan fingerprint density at radius 1 is 1.50 bits per heavy atom. The third-order valence-corrected chi connectivity index (χ3v) is 1.97. The summed E-state index contributed by atoms with van der Waals surface area (Å²) in [6, 6.07) is 1.52. The zero-order valence-electron chi connectivity index (χ0n) is 8.11. The molecule has 2 N–H and O–H groups in total. The summed E-state index contributed by atoms with van der Waals surface area (Å²) >= 11 is 11.3. The fourth-order valence-corrected chi connectivity index (χ4v) is 1.20. The van der Waals surface area contributed by atoms with Crippen molar-refractivity contribution >= 4 is 34.9 Å². The third-order valence-electron chi connectivity index (χ3n) is 1.51.